The number of hydrogen-bond donors (Lipinski definition) is 0. The monoisotopic (exact) mass is 382 g/mol. The molecule has 0 bridgehead atoms. The summed E-state index contributed by atoms with van der Waals surface area (Å²) in [5.74, 6) is 0.560. The molecule has 1 unspecified atom stereocenters. The van der Waals surface area contributed by atoms with Gasteiger partial charge in [-0.25, -0.2) is 0 Å². The second kappa shape index (κ2) is 6.93. The van der Waals surface area contributed by atoms with Gasteiger partial charge in [-0.2, -0.15) is 18.2 Å². The summed E-state index contributed by atoms with van der Waals surface area (Å²) in [4.78, 5) is 20.2. The van der Waals surface area contributed by atoms with Crippen molar-refractivity contribution in [2.24, 2.45) is 0 Å². The molecule has 2 aromatic rings. The van der Waals surface area contributed by atoms with Crippen molar-refractivity contribution in [1.29, 1.82) is 0 Å². The molecule has 4 rings (SSSR count). The molecule has 0 N–H and O–H groups in total. The summed E-state index contributed by atoms with van der Waals surface area (Å²) in [7, 11) is 0. The minimum absolute atomic E-state index is 0.0114. The number of aromatic nitrogens is 2. The van der Waals surface area contributed by atoms with Crippen LogP contribution in [0.15, 0.2) is 28.8 Å². The average molecular weight is 382 g/mol. The van der Waals surface area contributed by atoms with Crippen molar-refractivity contribution in [3.63, 3.8) is 0 Å². The molecule has 3 heterocycles. The number of benzene rings is 1. The van der Waals surface area contributed by atoms with E-state index in [2.05, 4.69) is 10.1 Å². The van der Waals surface area contributed by atoms with E-state index in [9.17, 15) is 18.0 Å². The van der Waals surface area contributed by atoms with Crippen LogP contribution < -0.4 is 0 Å². The minimum atomic E-state index is -4.39. The summed E-state index contributed by atoms with van der Waals surface area (Å²) < 4.78 is 48.6. The molecule has 2 aliphatic rings. The van der Waals surface area contributed by atoms with Gasteiger partial charge in [0.15, 0.2) is 0 Å². The highest BCUT2D eigenvalue weighted by Crippen LogP contribution is 2.30. The predicted octanol–water partition coefficient (Wildman–Crippen LogP) is 1.80. The van der Waals surface area contributed by atoms with Gasteiger partial charge in [0, 0.05) is 18.7 Å². The molecular formula is C17H17F3N4O3. The Morgan fingerprint density at radius 2 is 2.00 bits per heavy atom. The number of rotatable bonds is 3. The average Bonchev–Trinajstić information content (AvgIpc) is 3.10. The van der Waals surface area contributed by atoms with Gasteiger partial charge in [0.2, 0.25) is 17.6 Å². The number of nitrogens with zero attached hydrogens (tertiary/aromatic N) is 4. The highest BCUT2D eigenvalue weighted by molar-refractivity contribution is 5.79. The number of ether oxygens (including phenoxy) is 1. The van der Waals surface area contributed by atoms with Gasteiger partial charge in [-0.3, -0.25) is 9.69 Å². The fourth-order valence-corrected chi connectivity index (χ4v) is 3.34. The second-order valence-corrected chi connectivity index (χ2v) is 6.57. The van der Waals surface area contributed by atoms with Crippen molar-refractivity contribution in [2.75, 3.05) is 32.8 Å². The zero-order chi connectivity index (χ0) is 19.0. The van der Waals surface area contributed by atoms with E-state index in [1.54, 1.807) is 0 Å². The standard InChI is InChI=1S/C17H17F3N4O3/c18-17(19,20)12-3-1-11(2-4-12)16-21-14(27-22-16)8-23-7-13-10-26-6-5-24(13)15(25)9-23/h1-4,13H,5-10H2. The van der Waals surface area contributed by atoms with E-state index in [1.165, 1.54) is 12.1 Å². The normalized spacial score (nSPS) is 21.4. The highest BCUT2D eigenvalue weighted by Gasteiger charge is 2.35. The Morgan fingerprint density at radius 1 is 1.22 bits per heavy atom. The molecule has 1 amide bonds. The van der Waals surface area contributed by atoms with Crippen LogP contribution in [-0.4, -0.2) is 64.7 Å². The lowest BCUT2D eigenvalue weighted by molar-refractivity contribution is -0.148. The van der Waals surface area contributed by atoms with Crippen LogP contribution in [0.25, 0.3) is 11.4 Å². The number of fused-ring (bicyclic) bond motifs is 1. The van der Waals surface area contributed by atoms with Crippen molar-refractivity contribution in [2.45, 2.75) is 18.8 Å². The van der Waals surface area contributed by atoms with Crippen LogP contribution in [0, 0.1) is 0 Å². The maximum atomic E-state index is 12.6. The summed E-state index contributed by atoms with van der Waals surface area (Å²) in [6.07, 6.45) is -4.39. The van der Waals surface area contributed by atoms with Gasteiger partial charge < -0.3 is 14.2 Å². The molecule has 0 saturated carbocycles. The number of morpholine rings is 1. The molecule has 0 aliphatic carbocycles. The maximum Gasteiger partial charge on any atom is 0.416 e. The third-order valence-electron chi connectivity index (χ3n) is 4.67. The van der Waals surface area contributed by atoms with Crippen LogP contribution in [0.1, 0.15) is 11.5 Å². The van der Waals surface area contributed by atoms with Crippen molar-refractivity contribution in [3.8, 4) is 11.4 Å². The van der Waals surface area contributed by atoms with Crippen molar-refractivity contribution < 1.29 is 27.2 Å². The number of alkyl halides is 3. The van der Waals surface area contributed by atoms with Gasteiger partial charge in [-0.1, -0.05) is 17.3 Å². The van der Waals surface area contributed by atoms with Crippen LogP contribution >= 0.6 is 0 Å². The van der Waals surface area contributed by atoms with Crippen LogP contribution in [0.3, 0.4) is 0 Å². The first-order chi connectivity index (χ1) is 12.9. The Morgan fingerprint density at radius 3 is 2.74 bits per heavy atom. The molecule has 2 fully saturated rings. The minimum Gasteiger partial charge on any atom is -0.377 e. The van der Waals surface area contributed by atoms with Gasteiger partial charge >= 0.3 is 6.18 Å². The van der Waals surface area contributed by atoms with E-state index in [4.69, 9.17) is 9.26 Å². The second-order valence-electron chi connectivity index (χ2n) is 6.57. The Labute approximate surface area is 152 Å². The van der Waals surface area contributed by atoms with E-state index in [1.807, 2.05) is 9.80 Å². The van der Waals surface area contributed by atoms with Gasteiger partial charge in [0.25, 0.3) is 0 Å². The molecular weight excluding hydrogens is 365 g/mol. The van der Waals surface area contributed by atoms with Crippen LogP contribution in [0.5, 0.6) is 0 Å². The van der Waals surface area contributed by atoms with E-state index >= 15 is 0 Å². The number of piperazine rings is 1. The lowest BCUT2D eigenvalue weighted by Crippen LogP contribution is -2.60. The number of carbonyl (C=O) groups excluding carboxylic acids is 1. The number of carbonyl (C=O) groups is 1. The molecule has 10 heteroatoms. The van der Waals surface area contributed by atoms with Gasteiger partial charge in [-0.05, 0) is 12.1 Å². The number of hydrogen-bond acceptors (Lipinski definition) is 6. The summed E-state index contributed by atoms with van der Waals surface area (Å²) in [6.45, 7) is 2.86. The van der Waals surface area contributed by atoms with Gasteiger partial charge in [0.05, 0.1) is 37.9 Å². The predicted molar refractivity (Wildman–Crippen MR) is 86.3 cm³/mol. The van der Waals surface area contributed by atoms with Crippen molar-refractivity contribution in [3.05, 3.63) is 35.7 Å². The smallest absolute Gasteiger partial charge is 0.377 e. The lowest BCUT2D eigenvalue weighted by Gasteiger charge is -2.43. The Bertz CT molecular complexity index is 822. The zero-order valence-electron chi connectivity index (χ0n) is 14.3. The molecule has 1 atom stereocenters. The largest absolute Gasteiger partial charge is 0.416 e. The van der Waals surface area contributed by atoms with E-state index in [0.29, 0.717) is 44.3 Å². The molecule has 7 nitrogen and oxygen atoms in total. The van der Waals surface area contributed by atoms with E-state index in [-0.39, 0.29) is 24.3 Å². The van der Waals surface area contributed by atoms with E-state index in [0.717, 1.165) is 12.1 Å². The number of halogens is 3. The van der Waals surface area contributed by atoms with Crippen LogP contribution in [-0.2, 0) is 22.3 Å². The summed E-state index contributed by atoms with van der Waals surface area (Å²) in [5, 5.41) is 3.83. The first-order valence-corrected chi connectivity index (χ1v) is 8.50. The summed E-state index contributed by atoms with van der Waals surface area (Å²) in [6, 6.07) is 4.58. The molecule has 1 aromatic heterocycles. The third kappa shape index (κ3) is 3.81. The molecule has 2 saturated heterocycles. The zero-order valence-corrected chi connectivity index (χ0v) is 14.3. The molecule has 0 spiro atoms. The SMILES string of the molecule is O=C1CN(Cc2nc(-c3ccc(C(F)(F)F)cc3)no2)CC2COCCN12. The van der Waals surface area contributed by atoms with Crippen molar-refractivity contribution >= 4 is 5.91 Å². The topological polar surface area (TPSA) is 71.7 Å². The van der Waals surface area contributed by atoms with Crippen LogP contribution in [0.4, 0.5) is 13.2 Å². The summed E-state index contributed by atoms with van der Waals surface area (Å²) >= 11 is 0. The molecule has 27 heavy (non-hydrogen) atoms. The van der Waals surface area contributed by atoms with E-state index < -0.39 is 11.7 Å². The fraction of sp³-hybridized carbons (Fsp3) is 0.471. The first kappa shape index (κ1) is 17.9. The quantitative estimate of drug-likeness (QED) is 0.806. The van der Waals surface area contributed by atoms with Gasteiger partial charge in [-0.15, -0.1) is 0 Å². The lowest BCUT2D eigenvalue weighted by atomic mass is 10.1. The van der Waals surface area contributed by atoms with Crippen LogP contribution in [0.2, 0.25) is 0 Å². The molecule has 144 valence electrons. The van der Waals surface area contributed by atoms with Gasteiger partial charge in [0.1, 0.15) is 0 Å². The Kier molecular flexibility index (Phi) is 4.60. The fourth-order valence-electron chi connectivity index (χ4n) is 3.34. The summed E-state index contributed by atoms with van der Waals surface area (Å²) in [5.41, 5.74) is -0.305. The first-order valence-electron chi connectivity index (χ1n) is 8.50. The maximum absolute atomic E-state index is 12.6. The van der Waals surface area contributed by atoms with Crippen molar-refractivity contribution in [1.82, 2.24) is 19.9 Å². The molecule has 0 radical (unpaired) electrons. The Hall–Kier alpha value is -2.46. The highest BCUT2D eigenvalue weighted by atomic mass is 19.4. The molecule has 1 aromatic carbocycles. The molecule has 2 aliphatic heterocycles. The third-order valence-corrected chi connectivity index (χ3v) is 4.67. The Balaban J connectivity index is 1.43. The number of amides is 1.